The molecule has 2 aromatic carbocycles. The van der Waals surface area contributed by atoms with Crippen molar-refractivity contribution in [3.05, 3.63) is 59.7 Å². The normalized spacial score (nSPS) is 14.7. The molecule has 1 N–H and O–H groups in total. The Hall–Kier alpha value is -2.86. The van der Waals surface area contributed by atoms with Gasteiger partial charge in [-0.15, -0.1) is 0 Å². The molecular weight excluding hydrogens is 358 g/mol. The van der Waals surface area contributed by atoms with Gasteiger partial charge in [0.2, 0.25) is 0 Å². The van der Waals surface area contributed by atoms with Gasteiger partial charge in [-0.3, -0.25) is 4.90 Å². The second-order valence-corrected chi connectivity index (χ2v) is 7.08. The van der Waals surface area contributed by atoms with Gasteiger partial charge in [0, 0.05) is 19.6 Å². The van der Waals surface area contributed by atoms with E-state index in [1.165, 1.54) is 14.0 Å². The Kier molecular flexibility index (Phi) is 5.70. The molecule has 1 aliphatic carbocycles. The van der Waals surface area contributed by atoms with Crippen LogP contribution in [-0.2, 0) is 14.3 Å². The number of benzene rings is 2. The van der Waals surface area contributed by atoms with Crippen LogP contribution in [0.15, 0.2) is 48.5 Å². The molecule has 0 radical (unpaired) electrons. The van der Waals surface area contributed by atoms with Crippen LogP contribution in [0.25, 0.3) is 11.1 Å². The van der Waals surface area contributed by atoms with Gasteiger partial charge in [0.15, 0.2) is 5.54 Å². The third-order valence-corrected chi connectivity index (χ3v) is 5.40. The van der Waals surface area contributed by atoms with Crippen molar-refractivity contribution in [3.8, 4) is 11.1 Å². The van der Waals surface area contributed by atoms with Crippen LogP contribution < -0.4 is 0 Å². The molecule has 0 bridgehead atoms. The van der Waals surface area contributed by atoms with Crippen molar-refractivity contribution < 1.29 is 24.2 Å². The first-order valence-corrected chi connectivity index (χ1v) is 9.30. The SMILES string of the molecule is CCOCC(C)(C(=O)O)N(C)C(=O)OCC1c2ccccc2-c2ccccc21. The van der Waals surface area contributed by atoms with Gasteiger partial charge in [-0.1, -0.05) is 48.5 Å². The largest absolute Gasteiger partial charge is 0.479 e. The van der Waals surface area contributed by atoms with Crippen molar-refractivity contribution in [3.63, 3.8) is 0 Å². The van der Waals surface area contributed by atoms with Gasteiger partial charge in [-0.2, -0.15) is 0 Å². The number of fused-ring (bicyclic) bond motifs is 3. The van der Waals surface area contributed by atoms with Crippen molar-refractivity contribution in [2.24, 2.45) is 0 Å². The maximum absolute atomic E-state index is 12.6. The highest BCUT2D eigenvalue weighted by atomic mass is 16.6. The number of carbonyl (C=O) groups is 2. The Bertz CT molecular complexity index is 835. The smallest absolute Gasteiger partial charge is 0.410 e. The molecule has 148 valence electrons. The monoisotopic (exact) mass is 383 g/mol. The third kappa shape index (κ3) is 3.47. The number of carboxylic acid groups (broad SMARTS) is 1. The Balaban J connectivity index is 1.77. The molecule has 6 heteroatoms. The van der Waals surface area contributed by atoms with Crippen molar-refractivity contribution in [1.82, 2.24) is 4.90 Å². The summed E-state index contributed by atoms with van der Waals surface area (Å²) in [6.07, 6.45) is -0.688. The zero-order chi connectivity index (χ0) is 20.3. The van der Waals surface area contributed by atoms with Gasteiger partial charge >= 0.3 is 12.1 Å². The molecule has 0 saturated heterocycles. The van der Waals surface area contributed by atoms with E-state index >= 15 is 0 Å². The lowest BCUT2D eigenvalue weighted by molar-refractivity contribution is -0.152. The highest BCUT2D eigenvalue weighted by molar-refractivity contribution is 5.84. The molecular formula is C22H25NO5. The van der Waals surface area contributed by atoms with Gasteiger partial charge < -0.3 is 14.6 Å². The Morgan fingerprint density at radius 3 is 2.11 bits per heavy atom. The second-order valence-electron chi connectivity index (χ2n) is 7.08. The Morgan fingerprint density at radius 1 is 1.07 bits per heavy atom. The maximum Gasteiger partial charge on any atom is 0.410 e. The summed E-state index contributed by atoms with van der Waals surface area (Å²) in [5.74, 6) is -1.22. The first-order valence-electron chi connectivity index (χ1n) is 9.30. The number of hydrogen-bond acceptors (Lipinski definition) is 4. The van der Waals surface area contributed by atoms with Crippen molar-refractivity contribution >= 4 is 12.1 Å². The summed E-state index contributed by atoms with van der Waals surface area (Å²) in [6.45, 7) is 3.62. The summed E-state index contributed by atoms with van der Waals surface area (Å²) in [5.41, 5.74) is 2.99. The molecule has 0 heterocycles. The predicted octanol–water partition coefficient (Wildman–Crippen LogP) is 3.75. The van der Waals surface area contributed by atoms with Crippen LogP contribution >= 0.6 is 0 Å². The molecule has 0 aromatic heterocycles. The maximum atomic E-state index is 12.6. The summed E-state index contributed by atoms with van der Waals surface area (Å²) >= 11 is 0. The van der Waals surface area contributed by atoms with Gasteiger partial charge in [-0.05, 0) is 36.1 Å². The van der Waals surface area contributed by atoms with Crippen LogP contribution in [0.1, 0.15) is 30.9 Å². The minimum absolute atomic E-state index is 0.0762. The highest BCUT2D eigenvalue weighted by Crippen LogP contribution is 2.44. The molecule has 0 saturated carbocycles. The predicted molar refractivity (Wildman–Crippen MR) is 105 cm³/mol. The van der Waals surface area contributed by atoms with Crippen LogP contribution in [0.4, 0.5) is 4.79 Å². The second kappa shape index (κ2) is 8.02. The lowest BCUT2D eigenvalue weighted by atomic mass is 9.98. The van der Waals surface area contributed by atoms with E-state index in [4.69, 9.17) is 9.47 Å². The summed E-state index contributed by atoms with van der Waals surface area (Å²) in [7, 11) is 1.42. The lowest BCUT2D eigenvalue weighted by Gasteiger charge is -2.34. The lowest BCUT2D eigenvalue weighted by Crippen LogP contribution is -2.56. The molecule has 1 amide bonds. The van der Waals surface area contributed by atoms with Crippen LogP contribution in [-0.4, -0.2) is 54.5 Å². The number of rotatable bonds is 7. The van der Waals surface area contributed by atoms with E-state index < -0.39 is 17.6 Å². The molecule has 3 rings (SSSR count). The first-order chi connectivity index (χ1) is 13.4. The van der Waals surface area contributed by atoms with E-state index in [9.17, 15) is 14.7 Å². The molecule has 6 nitrogen and oxygen atoms in total. The minimum Gasteiger partial charge on any atom is -0.479 e. The van der Waals surface area contributed by atoms with E-state index in [-0.39, 0.29) is 19.1 Å². The van der Waals surface area contributed by atoms with Gasteiger partial charge in [0.25, 0.3) is 0 Å². The molecule has 0 fully saturated rings. The highest BCUT2D eigenvalue weighted by Gasteiger charge is 2.42. The van der Waals surface area contributed by atoms with Crippen molar-refractivity contribution in [2.75, 3.05) is 26.9 Å². The third-order valence-electron chi connectivity index (χ3n) is 5.40. The van der Waals surface area contributed by atoms with Crippen LogP contribution in [0.5, 0.6) is 0 Å². The number of ether oxygens (including phenoxy) is 2. The quantitative estimate of drug-likeness (QED) is 0.788. The summed E-state index contributed by atoms with van der Waals surface area (Å²) in [6, 6.07) is 16.1. The number of aliphatic carboxylic acids is 1. The average molecular weight is 383 g/mol. The topological polar surface area (TPSA) is 76.1 Å². The number of nitrogens with zero attached hydrogens (tertiary/aromatic N) is 1. The Labute approximate surface area is 164 Å². The standard InChI is InChI=1S/C22H25NO5/c1-4-27-14-22(2,20(24)25)23(3)21(26)28-13-19-17-11-7-5-9-15(17)16-10-6-8-12-18(16)19/h5-12,19H,4,13-14H2,1-3H3,(H,24,25). The van der Waals surface area contributed by atoms with Crippen LogP contribution in [0.3, 0.4) is 0 Å². The first kappa shape index (κ1) is 19.9. The fraction of sp³-hybridized carbons (Fsp3) is 0.364. The molecule has 1 aliphatic rings. The summed E-state index contributed by atoms with van der Waals surface area (Å²) in [4.78, 5) is 25.4. The van der Waals surface area contributed by atoms with E-state index in [1.807, 2.05) is 36.4 Å². The summed E-state index contributed by atoms with van der Waals surface area (Å²) in [5, 5.41) is 9.59. The van der Waals surface area contributed by atoms with Gasteiger partial charge in [0.05, 0.1) is 6.61 Å². The number of carboxylic acids is 1. The molecule has 0 aliphatic heterocycles. The van der Waals surface area contributed by atoms with Crippen LogP contribution in [0.2, 0.25) is 0 Å². The van der Waals surface area contributed by atoms with E-state index in [0.29, 0.717) is 6.61 Å². The zero-order valence-electron chi connectivity index (χ0n) is 16.3. The van der Waals surface area contributed by atoms with E-state index in [1.54, 1.807) is 6.92 Å². The molecule has 2 aromatic rings. The molecule has 0 spiro atoms. The molecule has 1 unspecified atom stereocenters. The average Bonchev–Trinajstić information content (AvgIpc) is 3.03. The molecule has 28 heavy (non-hydrogen) atoms. The van der Waals surface area contributed by atoms with E-state index in [0.717, 1.165) is 27.2 Å². The summed E-state index contributed by atoms with van der Waals surface area (Å²) < 4.78 is 10.8. The van der Waals surface area contributed by atoms with Crippen molar-refractivity contribution in [2.45, 2.75) is 25.3 Å². The number of amides is 1. The molecule has 1 atom stereocenters. The van der Waals surface area contributed by atoms with E-state index in [2.05, 4.69) is 12.1 Å². The Morgan fingerprint density at radius 2 is 1.61 bits per heavy atom. The fourth-order valence-corrected chi connectivity index (χ4v) is 3.50. The van der Waals surface area contributed by atoms with Crippen molar-refractivity contribution in [1.29, 1.82) is 0 Å². The zero-order valence-corrected chi connectivity index (χ0v) is 16.3. The number of hydrogen-bond donors (Lipinski definition) is 1. The van der Waals surface area contributed by atoms with Crippen LogP contribution in [0, 0.1) is 0 Å². The van der Waals surface area contributed by atoms with Gasteiger partial charge in [-0.25, -0.2) is 9.59 Å². The fourth-order valence-electron chi connectivity index (χ4n) is 3.50. The van der Waals surface area contributed by atoms with Gasteiger partial charge in [0.1, 0.15) is 6.61 Å². The number of carbonyl (C=O) groups excluding carboxylic acids is 1. The minimum atomic E-state index is -1.50. The number of likely N-dealkylation sites (N-methyl/N-ethyl adjacent to an activating group) is 1.